The van der Waals surface area contributed by atoms with E-state index in [4.69, 9.17) is 16.3 Å². The highest BCUT2D eigenvalue weighted by Gasteiger charge is 2.05. The van der Waals surface area contributed by atoms with E-state index >= 15 is 0 Å². The smallest absolute Gasteiger partial charge is 0.279 e. The average molecular weight is 212 g/mol. The summed E-state index contributed by atoms with van der Waals surface area (Å²) in [5, 5.41) is 1.21. The van der Waals surface area contributed by atoms with Crippen LogP contribution in [-0.4, -0.2) is 4.98 Å². The normalized spacial score (nSPS) is 10.2. The topological polar surface area (TPSA) is 22.1 Å². The molecule has 13 heavy (non-hydrogen) atoms. The maximum absolute atomic E-state index is 5.93. The Bertz CT molecular complexity index is 452. The molecule has 0 spiro atoms. The lowest BCUT2D eigenvalue weighted by atomic mass is 10.3. The molecule has 0 N–H and O–H groups in total. The van der Waals surface area contributed by atoms with Crippen molar-refractivity contribution in [3.63, 3.8) is 0 Å². The predicted molar refractivity (Wildman–Crippen MR) is 55.5 cm³/mol. The minimum absolute atomic E-state index is 0.568. The molecule has 0 radical (unpaired) electrons. The van der Waals surface area contributed by atoms with Crippen molar-refractivity contribution >= 4 is 33.2 Å². The molecule has 2 rings (SSSR count). The Hall–Kier alpha value is -1.06. The van der Waals surface area contributed by atoms with Gasteiger partial charge in [-0.25, -0.2) is 4.98 Å². The lowest BCUT2D eigenvalue weighted by molar-refractivity contribution is 0.481. The van der Waals surface area contributed by atoms with Gasteiger partial charge in [-0.05, 0) is 12.1 Å². The number of ether oxygens (including phenoxy) is 1. The van der Waals surface area contributed by atoms with Crippen LogP contribution in [0.1, 0.15) is 0 Å². The van der Waals surface area contributed by atoms with Crippen molar-refractivity contribution < 1.29 is 4.74 Å². The molecule has 0 unspecified atom stereocenters. The number of benzene rings is 1. The SMILES string of the molecule is C=COc1nc2c(Cl)cccc2s1. The highest BCUT2D eigenvalue weighted by molar-refractivity contribution is 7.20. The first-order valence-corrected chi connectivity index (χ1v) is 4.83. The molecule has 4 heteroatoms. The highest BCUT2D eigenvalue weighted by Crippen LogP contribution is 2.31. The number of fused-ring (bicyclic) bond motifs is 1. The van der Waals surface area contributed by atoms with Gasteiger partial charge in [0.05, 0.1) is 16.0 Å². The van der Waals surface area contributed by atoms with Crippen LogP contribution in [0.5, 0.6) is 5.19 Å². The van der Waals surface area contributed by atoms with Crippen LogP contribution in [0.4, 0.5) is 0 Å². The predicted octanol–water partition coefficient (Wildman–Crippen LogP) is 3.47. The monoisotopic (exact) mass is 211 g/mol. The van der Waals surface area contributed by atoms with Gasteiger partial charge in [0.25, 0.3) is 5.19 Å². The molecule has 0 fully saturated rings. The Morgan fingerprint density at radius 1 is 1.54 bits per heavy atom. The van der Waals surface area contributed by atoms with Crippen molar-refractivity contribution in [2.75, 3.05) is 0 Å². The summed E-state index contributed by atoms with van der Waals surface area (Å²) in [6, 6.07) is 5.65. The molecule has 1 heterocycles. The summed E-state index contributed by atoms with van der Waals surface area (Å²) in [5.74, 6) is 0. The van der Waals surface area contributed by atoms with E-state index in [0.717, 1.165) is 10.2 Å². The second-order valence-corrected chi connectivity index (χ2v) is 3.75. The van der Waals surface area contributed by atoms with Crippen molar-refractivity contribution in [1.29, 1.82) is 0 Å². The standard InChI is InChI=1S/C9H6ClNOS/c1-2-12-9-11-8-6(10)4-3-5-7(8)13-9/h2-5H,1H2. The van der Waals surface area contributed by atoms with Gasteiger partial charge in [0.2, 0.25) is 0 Å². The van der Waals surface area contributed by atoms with Crippen LogP contribution in [0, 0.1) is 0 Å². The van der Waals surface area contributed by atoms with Crippen LogP contribution in [0.3, 0.4) is 0 Å². The molecule has 1 aromatic carbocycles. The van der Waals surface area contributed by atoms with Gasteiger partial charge in [0.15, 0.2) is 0 Å². The summed E-state index contributed by atoms with van der Waals surface area (Å²) >= 11 is 7.38. The molecular weight excluding hydrogens is 206 g/mol. The van der Waals surface area contributed by atoms with Crippen LogP contribution in [-0.2, 0) is 0 Å². The number of aromatic nitrogens is 1. The maximum atomic E-state index is 5.93. The minimum atomic E-state index is 0.568. The number of thiazole rings is 1. The van der Waals surface area contributed by atoms with E-state index in [2.05, 4.69) is 11.6 Å². The van der Waals surface area contributed by atoms with Crippen molar-refractivity contribution in [3.05, 3.63) is 36.1 Å². The number of rotatable bonds is 2. The maximum Gasteiger partial charge on any atom is 0.279 e. The molecule has 66 valence electrons. The molecule has 0 atom stereocenters. The van der Waals surface area contributed by atoms with E-state index in [9.17, 15) is 0 Å². The summed E-state index contributed by atoms with van der Waals surface area (Å²) in [6.07, 6.45) is 1.35. The molecule has 0 amide bonds. The minimum Gasteiger partial charge on any atom is -0.439 e. The summed E-state index contributed by atoms with van der Waals surface area (Å²) in [4.78, 5) is 4.20. The molecule has 2 aromatic rings. The fourth-order valence-corrected chi connectivity index (χ4v) is 2.13. The molecule has 0 saturated heterocycles. The number of hydrogen-bond acceptors (Lipinski definition) is 3. The quantitative estimate of drug-likeness (QED) is 0.710. The summed E-state index contributed by atoms with van der Waals surface area (Å²) in [5.41, 5.74) is 0.783. The number of halogens is 1. The highest BCUT2D eigenvalue weighted by atomic mass is 35.5. The number of nitrogens with zero attached hydrogens (tertiary/aromatic N) is 1. The Morgan fingerprint density at radius 3 is 3.08 bits per heavy atom. The van der Waals surface area contributed by atoms with Crippen molar-refractivity contribution in [3.8, 4) is 5.19 Å². The van der Waals surface area contributed by atoms with Crippen LogP contribution < -0.4 is 4.74 Å². The molecule has 0 aliphatic heterocycles. The zero-order valence-corrected chi connectivity index (χ0v) is 8.23. The first-order chi connectivity index (χ1) is 6.31. The summed E-state index contributed by atoms with van der Waals surface area (Å²) in [6.45, 7) is 3.46. The lowest BCUT2D eigenvalue weighted by Gasteiger charge is -1.88. The Labute approximate surface area is 84.4 Å². The van der Waals surface area contributed by atoms with Gasteiger partial charge in [-0.3, -0.25) is 0 Å². The molecule has 0 aliphatic carbocycles. The van der Waals surface area contributed by atoms with E-state index in [-0.39, 0.29) is 0 Å². The van der Waals surface area contributed by atoms with Crippen LogP contribution in [0.25, 0.3) is 10.2 Å². The van der Waals surface area contributed by atoms with Crippen LogP contribution >= 0.6 is 22.9 Å². The fourth-order valence-electron chi connectivity index (χ4n) is 1.02. The first kappa shape index (κ1) is 8.53. The summed E-state index contributed by atoms with van der Waals surface area (Å²) in [7, 11) is 0. The Kier molecular flexibility index (Phi) is 2.20. The molecule has 0 saturated carbocycles. The second kappa shape index (κ2) is 3.36. The van der Waals surface area contributed by atoms with E-state index in [1.165, 1.54) is 17.6 Å². The van der Waals surface area contributed by atoms with Crippen LogP contribution in [0.2, 0.25) is 5.02 Å². The van der Waals surface area contributed by atoms with Gasteiger partial charge in [0, 0.05) is 0 Å². The summed E-state index contributed by atoms with van der Waals surface area (Å²) < 4.78 is 6.08. The third-order valence-electron chi connectivity index (χ3n) is 1.53. The first-order valence-electron chi connectivity index (χ1n) is 3.64. The average Bonchev–Trinajstić information content (AvgIpc) is 2.49. The zero-order valence-electron chi connectivity index (χ0n) is 6.66. The lowest BCUT2D eigenvalue weighted by Crippen LogP contribution is -1.77. The zero-order chi connectivity index (χ0) is 9.26. The van der Waals surface area contributed by atoms with Crippen molar-refractivity contribution in [2.45, 2.75) is 0 Å². The van der Waals surface area contributed by atoms with Gasteiger partial charge in [-0.1, -0.05) is 35.6 Å². The number of hydrogen-bond donors (Lipinski definition) is 0. The van der Waals surface area contributed by atoms with Gasteiger partial charge in [-0.15, -0.1) is 0 Å². The van der Waals surface area contributed by atoms with E-state index in [1.54, 1.807) is 6.07 Å². The largest absolute Gasteiger partial charge is 0.439 e. The van der Waals surface area contributed by atoms with Crippen molar-refractivity contribution in [2.24, 2.45) is 0 Å². The molecule has 2 nitrogen and oxygen atoms in total. The van der Waals surface area contributed by atoms with E-state index in [1.807, 2.05) is 12.1 Å². The molecule has 0 bridgehead atoms. The van der Waals surface area contributed by atoms with Gasteiger partial charge >= 0.3 is 0 Å². The van der Waals surface area contributed by atoms with Gasteiger partial charge in [-0.2, -0.15) is 0 Å². The van der Waals surface area contributed by atoms with Gasteiger partial charge in [0.1, 0.15) is 5.52 Å². The third-order valence-corrected chi connectivity index (χ3v) is 2.75. The molecule has 0 aliphatic rings. The Morgan fingerprint density at radius 2 is 2.38 bits per heavy atom. The van der Waals surface area contributed by atoms with Gasteiger partial charge < -0.3 is 4.74 Å². The third kappa shape index (κ3) is 1.53. The van der Waals surface area contributed by atoms with E-state index < -0.39 is 0 Å². The second-order valence-electron chi connectivity index (χ2n) is 2.35. The number of para-hydroxylation sites is 1. The van der Waals surface area contributed by atoms with Crippen molar-refractivity contribution in [1.82, 2.24) is 4.98 Å². The Balaban J connectivity index is 2.61. The molecule has 1 aromatic heterocycles. The molecular formula is C9H6ClNOS. The fraction of sp³-hybridized carbons (Fsp3) is 0. The van der Waals surface area contributed by atoms with Crippen LogP contribution in [0.15, 0.2) is 31.0 Å². The van der Waals surface area contributed by atoms with E-state index in [0.29, 0.717) is 10.2 Å².